The third kappa shape index (κ3) is 2.69. The first-order valence-electron chi connectivity index (χ1n) is 5.62. The van der Waals surface area contributed by atoms with Crippen molar-refractivity contribution in [3.63, 3.8) is 0 Å². The van der Waals surface area contributed by atoms with Crippen LogP contribution < -0.4 is 0 Å². The number of pyridine rings is 1. The molecule has 0 unspecified atom stereocenters. The summed E-state index contributed by atoms with van der Waals surface area (Å²) in [5.41, 5.74) is -0.840. The van der Waals surface area contributed by atoms with Crippen LogP contribution in [0.5, 0.6) is 0 Å². The first-order valence-corrected chi connectivity index (χ1v) is 5.62. The number of nitrogens with zero attached hydrogens (tertiary/aromatic N) is 1. The number of aldehydes is 1. The molecule has 1 aromatic rings. The van der Waals surface area contributed by atoms with E-state index in [1.165, 1.54) is 12.3 Å². The molecule has 0 aromatic carbocycles. The summed E-state index contributed by atoms with van der Waals surface area (Å²) < 4.78 is 42.9. The third-order valence-electron chi connectivity index (χ3n) is 3.03. The van der Waals surface area contributed by atoms with Gasteiger partial charge in [-0.1, -0.05) is 0 Å². The van der Waals surface area contributed by atoms with Crippen LogP contribution in [0.3, 0.4) is 0 Å². The Morgan fingerprint density at radius 3 is 2.56 bits per heavy atom. The Kier molecular flexibility index (Phi) is 3.65. The average Bonchev–Trinajstić information content (AvgIpc) is 2.38. The van der Waals surface area contributed by atoms with Crippen LogP contribution in [-0.2, 0) is 10.9 Å². The molecule has 1 aromatic heterocycles. The number of halogens is 3. The number of aromatic nitrogens is 1. The summed E-state index contributed by atoms with van der Waals surface area (Å²) >= 11 is 0. The van der Waals surface area contributed by atoms with Gasteiger partial charge >= 0.3 is 6.18 Å². The van der Waals surface area contributed by atoms with Crippen molar-refractivity contribution in [1.82, 2.24) is 4.98 Å². The highest BCUT2D eigenvalue weighted by Gasteiger charge is 2.35. The van der Waals surface area contributed by atoms with Gasteiger partial charge in [-0.25, -0.2) is 0 Å². The summed E-state index contributed by atoms with van der Waals surface area (Å²) in [6, 6.07) is 1.29. The zero-order valence-corrected chi connectivity index (χ0v) is 9.54. The highest BCUT2D eigenvalue weighted by Crippen LogP contribution is 2.32. The van der Waals surface area contributed by atoms with Crippen molar-refractivity contribution in [2.45, 2.75) is 24.9 Å². The summed E-state index contributed by atoms with van der Waals surface area (Å²) in [5, 5.41) is 0. The molecule has 0 bridgehead atoms. The lowest BCUT2D eigenvalue weighted by Gasteiger charge is -2.22. The summed E-state index contributed by atoms with van der Waals surface area (Å²) in [4.78, 5) is 14.1. The topological polar surface area (TPSA) is 39.2 Å². The monoisotopic (exact) mass is 259 g/mol. The SMILES string of the molecule is O=Cc1cc(C2CCOCC2)cnc1C(F)(F)F. The molecule has 0 spiro atoms. The molecule has 1 saturated heterocycles. The molecule has 0 radical (unpaired) electrons. The second-order valence-electron chi connectivity index (χ2n) is 4.21. The number of hydrogen-bond donors (Lipinski definition) is 0. The van der Waals surface area contributed by atoms with Crippen molar-refractivity contribution in [2.24, 2.45) is 0 Å². The maximum Gasteiger partial charge on any atom is 0.434 e. The highest BCUT2D eigenvalue weighted by molar-refractivity contribution is 5.77. The van der Waals surface area contributed by atoms with Gasteiger partial charge < -0.3 is 4.74 Å². The van der Waals surface area contributed by atoms with E-state index >= 15 is 0 Å². The Labute approximate surface area is 102 Å². The van der Waals surface area contributed by atoms with Gasteiger partial charge in [-0.3, -0.25) is 9.78 Å². The number of rotatable bonds is 2. The van der Waals surface area contributed by atoms with Crippen LogP contribution in [0.1, 0.15) is 40.4 Å². The molecular formula is C12H12F3NO2. The minimum Gasteiger partial charge on any atom is -0.381 e. The van der Waals surface area contributed by atoms with Gasteiger partial charge in [0.25, 0.3) is 0 Å². The van der Waals surface area contributed by atoms with E-state index in [1.54, 1.807) is 0 Å². The fourth-order valence-corrected chi connectivity index (χ4v) is 2.08. The largest absolute Gasteiger partial charge is 0.434 e. The van der Waals surface area contributed by atoms with Gasteiger partial charge in [0.15, 0.2) is 12.0 Å². The number of carbonyl (C=O) groups excluding carboxylic acids is 1. The Bertz CT molecular complexity index is 439. The molecule has 98 valence electrons. The van der Waals surface area contributed by atoms with E-state index in [2.05, 4.69) is 4.98 Å². The zero-order valence-electron chi connectivity index (χ0n) is 9.54. The van der Waals surface area contributed by atoms with Crippen LogP contribution >= 0.6 is 0 Å². The van der Waals surface area contributed by atoms with Crippen LogP contribution in [0, 0.1) is 0 Å². The molecule has 1 fully saturated rings. The lowest BCUT2D eigenvalue weighted by Crippen LogP contribution is -2.17. The van der Waals surface area contributed by atoms with E-state index in [9.17, 15) is 18.0 Å². The number of alkyl halides is 3. The predicted molar refractivity (Wildman–Crippen MR) is 57.4 cm³/mol. The van der Waals surface area contributed by atoms with E-state index in [1.807, 2.05) is 0 Å². The maximum absolute atomic E-state index is 12.6. The molecular weight excluding hydrogens is 247 g/mol. The lowest BCUT2D eigenvalue weighted by molar-refractivity contribution is -0.141. The molecule has 2 heterocycles. The predicted octanol–water partition coefficient (Wildman–Crippen LogP) is 2.81. The van der Waals surface area contributed by atoms with Gasteiger partial charge in [-0.2, -0.15) is 13.2 Å². The van der Waals surface area contributed by atoms with Crippen molar-refractivity contribution >= 4 is 6.29 Å². The summed E-state index contributed by atoms with van der Waals surface area (Å²) in [6.45, 7) is 1.17. The maximum atomic E-state index is 12.6. The molecule has 0 atom stereocenters. The van der Waals surface area contributed by atoms with Crippen molar-refractivity contribution in [1.29, 1.82) is 0 Å². The van der Waals surface area contributed by atoms with Crippen LogP contribution in [0.25, 0.3) is 0 Å². The van der Waals surface area contributed by atoms with E-state index in [0.29, 0.717) is 18.8 Å². The van der Waals surface area contributed by atoms with Gasteiger partial charge in [0.2, 0.25) is 0 Å². The zero-order chi connectivity index (χ0) is 13.2. The Hall–Kier alpha value is -1.43. The molecule has 1 aliphatic heterocycles. The molecule has 18 heavy (non-hydrogen) atoms. The van der Waals surface area contributed by atoms with Crippen molar-refractivity contribution in [2.75, 3.05) is 13.2 Å². The average molecular weight is 259 g/mol. The Morgan fingerprint density at radius 1 is 1.33 bits per heavy atom. The highest BCUT2D eigenvalue weighted by atomic mass is 19.4. The molecule has 2 rings (SSSR count). The Morgan fingerprint density at radius 2 is 2.00 bits per heavy atom. The van der Waals surface area contributed by atoms with Crippen molar-refractivity contribution in [3.05, 3.63) is 29.1 Å². The van der Waals surface area contributed by atoms with Gasteiger partial charge in [0, 0.05) is 25.0 Å². The molecule has 0 saturated carbocycles. The molecule has 1 aliphatic rings. The second kappa shape index (κ2) is 5.06. The Balaban J connectivity index is 2.32. The molecule has 0 amide bonds. The van der Waals surface area contributed by atoms with E-state index in [4.69, 9.17) is 4.74 Å². The van der Waals surface area contributed by atoms with Crippen molar-refractivity contribution in [3.8, 4) is 0 Å². The quantitative estimate of drug-likeness (QED) is 0.767. The number of carbonyl (C=O) groups is 1. The van der Waals surface area contributed by atoms with Gasteiger partial charge in [-0.05, 0) is 30.4 Å². The summed E-state index contributed by atoms with van der Waals surface area (Å²) in [5.74, 6) is 0.118. The molecule has 3 nitrogen and oxygen atoms in total. The third-order valence-corrected chi connectivity index (χ3v) is 3.03. The number of hydrogen-bond acceptors (Lipinski definition) is 3. The first kappa shape index (κ1) is 13.0. The van der Waals surface area contributed by atoms with E-state index in [0.717, 1.165) is 12.8 Å². The standard InChI is InChI=1S/C12H12F3NO2/c13-12(14,15)11-10(7-17)5-9(6-16-11)8-1-3-18-4-2-8/h5-8H,1-4H2. The summed E-state index contributed by atoms with van der Waals surface area (Å²) in [6.07, 6.45) is -1.69. The normalized spacial score (nSPS) is 17.7. The van der Waals surface area contributed by atoms with E-state index < -0.39 is 17.4 Å². The smallest absolute Gasteiger partial charge is 0.381 e. The minimum absolute atomic E-state index is 0.118. The van der Waals surface area contributed by atoms with Crippen LogP contribution in [0.2, 0.25) is 0 Å². The fourth-order valence-electron chi connectivity index (χ4n) is 2.08. The summed E-state index contributed by atoms with van der Waals surface area (Å²) in [7, 11) is 0. The van der Waals surface area contributed by atoms with Crippen LogP contribution in [0.15, 0.2) is 12.3 Å². The van der Waals surface area contributed by atoms with Crippen LogP contribution in [0.4, 0.5) is 13.2 Å². The van der Waals surface area contributed by atoms with Gasteiger partial charge in [0.1, 0.15) is 0 Å². The van der Waals surface area contributed by atoms with Gasteiger partial charge in [0.05, 0.1) is 0 Å². The van der Waals surface area contributed by atoms with E-state index in [-0.39, 0.29) is 12.2 Å². The second-order valence-corrected chi connectivity index (χ2v) is 4.21. The van der Waals surface area contributed by atoms with Gasteiger partial charge in [-0.15, -0.1) is 0 Å². The molecule has 0 N–H and O–H groups in total. The minimum atomic E-state index is -4.59. The lowest BCUT2D eigenvalue weighted by atomic mass is 9.92. The molecule has 6 heteroatoms. The van der Waals surface area contributed by atoms with Crippen LogP contribution in [-0.4, -0.2) is 24.5 Å². The first-order chi connectivity index (χ1) is 8.52. The fraction of sp³-hybridized carbons (Fsp3) is 0.500. The number of ether oxygens (including phenoxy) is 1. The van der Waals surface area contributed by atoms with Crippen molar-refractivity contribution < 1.29 is 22.7 Å². The molecule has 0 aliphatic carbocycles.